The molecule has 5 nitrogen and oxygen atoms in total. The molecule has 3 aromatic rings. The molecule has 0 bridgehead atoms. The molecule has 0 atom stereocenters. The lowest BCUT2D eigenvalue weighted by molar-refractivity contribution is 0.0954. The first-order valence-electron chi connectivity index (χ1n) is 10.6. The number of hydrogen-bond acceptors (Lipinski definition) is 3. The predicted molar refractivity (Wildman–Crippen MR) is 125 cm³/mol. The van der Waals surface area contributed by atoms with Crippen LogP contribution in [0.3, 0.4) is 0 Å². The Kier molecular flexibility index (Phi) is 8.12. The summed E-state index contributed by atoms with van der Waals surface area (Å²) in [5.74, 6) is -0.480. The molecule has 0 saturated carbocycles. The fraction of sp³-hybridized carbons (Fsp3) is 0.192. The van der Waals surface area contributed by atoms with Crippen LogP contribution in [0.4, 0.5) is 5.69 Å². The van der Waals surface area contributed by atoms with Crippen LogP contribution in [0.25, 0.3) is 0 Å². The van der Waals surface area contributed by atoms with Gasteiger partial charge in [0.25, 0.3) is 11.8 Å². The number of benzene rings is 3. The van der Waals surface area contributed by atoms with Gasteiger partial charge < -0.3 is 5.32 Å². The summed E-state index contributed by atoms with van der Waals surface area (Å²) in [4.78, 5) is 24.8. The molecule has 0 aromatic heterocycles. The number of hydrogen-bond donors (Lipinski definition) is 2. The van der Waals surface area contributed by atoms with Crippen molar-refractivity contribution in [2.75, 3.05) is 5.32 Å². The number of unbranched alkanes of at least 4 members (excludes halogenated alkanes) is 2. The predicted octanol–water partition coefficient (Wildman–Crippen LogP) is 5.65. The zero-order chi connectivity index (χ0) is 21.9. The zero-order valence-corrected chi connectivity index (χ0v) is 17.7. The Bertz CT molecular complexity index is 1010. The Hall–Kier alpha value is -3.73. The fourth-order valence-corrected chi connectivity index (χ4v) is 3.12. The van der Waals surface area contributed by atoms with Gasteiger partial charge in [0.15, 0.2) is 0 Å². The van der Waals surface area contributed by atoms with Crippen molar-refractivity contribution in [3.63, 3.8) is 0 Å². The van der Waals surface area contributed by atoms with Crippen LogP contribution in [-0.4, -0.2) is 17.5 Å². The molecule has 5 heteroatoms. The molecule has 0 saturated heterocycles. The normalized spacial score (nSPS) is 11.1. The van der Waals surface area contributed by atoms with E-state index in [0.29, 0.717) is 16.8 Å². The smallest absolute Gasteiger partial charge is 0.271 e. The molecule has 0 heterocycles. The Labute approximate surface area is 183 Å². The van der Waals surface area contributed by atoms with Crippen LogP contribution < -0.4 is 10.7 Å². The Morgan fingerprint density at radius 3 is 1.90 bits per heavy atom. The topological polar surface area (TPSA) is 70.6 Å². The maximum atomic E-state index is 12.6. The molecule has 0 aliphatic rings. The number of anilines is 1. The van der Waals surface area contributed by atoms with E-state index >= 15 is 0 Å². The highest BCUT2D eigenvalue weighted by molar-refractivity contribution is 6.05. The summed E-state index contributed by atoms with van der Waals surface area (Å²) in [6.07, 6.45) is 4.08. The minimum Gasteiger partial charge on any atom is -0.322 e. The number of carbonyl (C=O) groups excluding carboxylic acids is 2. The molecular formula is C26H27N3O2. The van der Waals surface area contributed by atoms with Gasteiger partial charge in [-0.15, -0.1) is 0 Å². The fourth-order valence-electron chi connectivity index (χ4n) is 3.12. The van der Waals surface area contributed by atoms with Gasteiger partial charge in [0.2, 0.25) is 0 Å². The Balaban J connectivity index is 1.64. The number of carbonyl (C=O) groups is 2. The molecule has 0 fully saturated rings. The standard InChI is InChI=1S/C26H27N3O2/c1-2-3-6-15-24(20-11-7-4-8-12-20)28-29-26(31)22-16-18-23(19-17-22)27-25(30)21-13-9-5-10-14-21/h4-5,7-14,16-19H,2-3,6,15H2,1H3,(H,27,30)(H,29,31)/b28-24+. The molecule has 158 valence electrons. The molecule has 0 aliphatic carbocycles. The van der Waals surface area contributed by atoms with Gasteiger partial charge in [0.1, 0.15) is 0 Å². The average molecular weight is 414 g/mol. The number of amides is 2. The summed E-state index contributed by atoms with van der Waals surface area (Å²) in [5.41, 5.74) is 6.23. The lowest BCUT2D eigenvalue weighted by Crippen LogP contribution is -2.20. The van der Waals surface area contributed by atoms with E-state index < -0.39 is 0 Å². The second-order valence-corrected chi connectivity index (χ2v) is 7.22. The van der Waals surface area contributed by atoms with E-state index in [1.54, 1.807) is 36.4 Å². The molecule has 0 unspecified atom stereocenters. The van der Waals surface area contributed by atoms with Crippen LogP contribution in [0.1, 0.15) is 58.9 Å². The van der Waals surface area contributed by atoms with Gasteiger partial charge in [-0.05, 0) is 54.8 Å². The van der Waals surface area contributed by atoms with E-state index in [4.69, 9.17) is 0 Å². The number of hydrazone groups is 1. The van der Waals surface area contributed by atoms with E-state index in [1.807, 2.05) is 48.5 Å². The molecule has 0 aliphatic heterocycles. The van der Waals surface area contributed by atoms with Crippen molar-refractivity contribution in [2.24, 2.45) is 5.10 Å². The van der Waals surface area contributed by atoms with Gasteiger partial charge in [0, 0.05) is 16.8 Å². The largest absolute Gasteiger partial charge is 0.322 e. The molecule has 0 radical (unpaired) electrons. The molecule has 2 amide bonds. The maximum absolute atomic E-state index is 12.6. The van der Waals surface area contributed by atoms with Crippen LogP contribution in [0.15, 0.2) is 90.0 Å². The van der Waals surface area contributed by atoms with Gasteiger partial charge >= 0.3 is 0 Å². The first kappa shape index (κ1) is 22.0. The van der Waals surface area contributed by atoms with Crippen molar-refractivity contribution < 1.29 is 9.59 Å². The summed E-state index contributed by atoms with van der Waals surface area (Å²) in [7, 11) is 0. The maximum Gasteiger partial charge on any atom is 0.271 e. The van der Waals surface area contributed by atoms with Crippen molar-refractivity contribution in [1.29, 1.82) is 0 Å². The van der Waals surface area contributed by atoms with Gasteiger partial charge in [-0.3, -0.25) is 9.59 Å². The summed E-state index contributed by atoms with van der Waals surface area (Å²) in [5, 5.41) is 7.23. The molecule has 3 rings (SSSR count). The van der Waals surface area contributed by atoms with E-state index in [0.717, 1.165) is 37.0 Å². The second kappa shape index (κ2) is 11.5. The van der Waals surface area contributed by atoms with Crippen LogP contribution in [0.5, 0.6) is 0 Å². The number of nitrogens with one attached hydrogen (secondary N) is 2. The van der Waals surface area contributed by atoms with E-state index in [2.05, 4.69) is 22.8 Å². The first-order chi connectivity index (χ1) is 15.2. The number of rotatable bonds is 9. The van der Waals surface area contributed by atoms with Crippen LogP contribution in [-0.2, 0) is 0 Å². The lowest BCUT2D eigenvalue weighted by Gasteiger charge is -2.08. The molecule has 31 heavy (non-hydrogen) atoms. The Morgan fingerprint density at radius 1 is 0.710 bits per heavy atom. The third-order valence-corrected chi connectivity index (χ3v) is 4.86. The minimum atomic E-state index is -0.287. The van der Waals surface area contributed by atoms with E-state index in [-0.39, 0.29) is 11.8 Å². The highest BCUT2D eigenvalue weighted by Crippen LogP contribution is 2.13. The van der Waals surface area contributed by atoms with Gasteiger partial charge in [-0.1, -0.05) is 68.3 Å². The van der Waals surface area contributed by atoms with Crippen molar-refractivity contribution in [1.82, 2.24) is 5.43 Å². The summed E-state index contributed by atoms with van der Waals surface area (Å²) >= 11 is 0. The molecule has 2 N–H and O–H groups in total. The van der Waals surface area contributed by atoms with Crippen molar-refractivity contribution in [3.8, 4) is 0 Å². The highest BCUT2D eigenvalue weighted by Gasteiger charge is 2.09. The summed E-state index contributed by atoms with van der Waals surface area (Å²) in [6.45, 7) is 2.16. The third-order valence-electron chi connectivity index (χ3n) is 4.86. The Morgan fingerprint density at radius 2 is 1.29 bits per heavy atom. The van der Waals surface area contributed by atoms with E-state index in [9.17, 15) is 9.59 Å². The molecular weight excluding hydrogens is 386 g/mol. The highest BCUT2D eigenvalue weighted by atomic mass is 16.2. The minimum absolute atomic E-state index is 0.193. The van der Waals surface area contributed by atoms with Gasteiger partial charge in [0.05, 0.1) is 5.71 Å². The monoisotopic (exact) mass is 413 g/mol. The molecule has 0 spiro atoms. The second-order valence-electron chi connectivity index (χ2n) is 7.22. The third kappa shape index (κ3) is 6.64. The quantitative estimate of drug-likeness (QED) is 0.270. The SMILES string of the molecule is CCCCC/C(=N\NC(=O)c1ccc(NC(=O)c2ccccc2)cc1)c1ccccc1. The van der Waals surface area contributed by atoms with Gasteiger partial charge in [-0.25, -0.2) is 5.43 Å². The van der Waals surface area contributed by atoms with Gasteiger partial charge in [-0.2, -0.15) is 5.10 Å². The molecule has 3 aromatic carbocycles. The van der Waals surface area contributed by atoms with Crippen molar-refractivity contribution in [3.05, 3.63) is 102 Å². The average Bonchev–Trinajstić information content (AvgIpc) is 2.82. The summed E-state index contributed by atoms with van der Waals surface area (Å²) in [6, 6.07) is 25.6. The first-order valence-corrected chi connectivity index (χ1v) is 10.6. The zero-order valence-electron chi connectivity index (χ0n) is 17.7. The summed E-state index contributed by atoms with van der Waals surface area (Å²) < 4.78 is 0. The number of nitrogens with zero attached hydrogens (tertiary/aromatic N) is 1. The van der Waals surface area contributed by atoms with Crippen LogP contribution in [0.2, 0.25) is 0 Å². The lowest BCUT2D eigenvalue weighted by atomic mass is 10.0. The van der Waals surface area contributed by atoms with Crippen LogP contribution >= 0.6 is 0 Å². The van der Waals surface area contributed by atoms with Crippen molar-refractivity contribution in [2.45, 2.75) is 32.6 Å². The van der Waals surface area contributed by atoms with Crippen molar-refractivity contribution >= 4 is 23.2 Å². The van der Waals surface area contributed by atoms with Crippen LogP contribution in [0, 0.1) is 0 Å². The van der Waals surface area contributed by atoms with E-state index in [1.165, 1.54) is 0 Å².